The highest BCUT2D eigenvalue weighted by atomic mass is 16.2. The molecule has 1 rings (SSSR count). The third kappa shape index (κ3) is 2.92. The van der Waals surface area contributed by atoms with E-state index in [9.17, 15) is 9.59 Å². The summed E-state index contributed by atoms with van der Waals surface area (Å²) >= 11 is 0. The summed E-state index contributed by atoms with van der Waals surface area (Å²) in [5.41, 5.74) is 1.65. The summed E-state index contributed by atoms with van der Waals surface area (Å²) in [4.78, 5) is 24.4. The van der Waals surface area contributed by atoms with E-state index in [-0.39, 0.29) is 0 Å². The molecule has 0 fully saturated rings. The van der Waals surface area contributed by atoms with Crippen molar-refractivity contribution >= 4 is 11.7 Å². The third-order valence-corrected chi connectivity index (χ3v) is 2.36. The van der Waals surface area contributed by atoms with Crippen LogP contribution < -0.4 is 0 Å². The standard InChI is InChI=1S/C13H17NO2/c1-4-5-10-6-8-11(9-7-10)12(15)13(16)14(2)3/h6-9H,4-5H2,1-3H3. The van der Waals surface area contributed by atoms with E-state index in [4.69, 9.17) is 0 Å². The van der Waals surface area contributed by atoms with Crippen molar-refractivity contribution in [3.8, 4) is 0 Å². The number of hydrogen-bond donors (Lipinski definition) is 0. The van der Waals surface area contributed by atoms with Crippen LogP contribution in [0.15, 0.2) is 24.3 Å². The van der Waals surface area contributed by atoms with Crippen molar-refractivity contribution in [2.45, 2.75) is 19.8 Å². The molecule has 1 aromatic rings. The van der Waals surface area contributed by atoms with Gasteiger partial charge < -0.3 is 4.90 Å². The van der Waals surface area contributed by atoms with Crippen LogP contribution in [0.3, 0.4) is 0 Å². The van der Waals surface area contributed by atoms with Gasteiger partial charge in [0, 0.05) is 19.7 Å². The largest absolute Gasteiger partial charge is 0.342 e. The third-order valence-electron chi connectivity index (χ3n) is 2.36. The monoisotopic (exact) mass is 219 g/mol. The molecule has 1 aromatic carbocycles. The van der Waals surface area contributed by atoms with Crippen molar-refractivity contribution in [1.29, 1.82) is 0 Å². The van der Waals surface area contributed by atoms with Crippen LogP contribution in [0.2, 0.25) is 0 Å². The van der Waals surface area contributed by atoms with Crippen molar-refractivity contribution in [2.24, 2.45) is 0 Å². The van der Waals surface area contributed by atoms with Crippen molar-refractivity contribution in [2.75, 3.05) is 14.1 Å². The molecule has 0 radical (unpaired) electrons. The molecule has 0 saturated carbocycles. The highest BCUT2D eigenvalue weighted by Gasteiger charge is 2.17. The highest BCUT2D eigenvalue weighted by Crippen LogP contribution is 2.08. The second-order valence-corrected chi connectivity index (χ2v) is 3.98. The van der Waals surface area contributed by atoms with Gasteiger partial charge in [0.2, 0.25) is 5.78 Å². The Morgan fingerprint density at radius 3 is 2.12 bits per heavy atom. The Hall–Kier alpha value is -1.64. The number of amides is 1. The normalized spacial score (nSPS) is 9.94. The molecular formula is C13H17NO2. The Labute approximate surface area is 96.1 Å². The van der Waals surface area contributed by atoms with Gasteiger partial charge in [-0.25, -0.2) is 0 Å². The van der Waals surface area contributed by atoms with E-state index in [1.165, 1.54) is 10.5 Å². The van der Waals surface area contributed by atoms with E-state index < -0.39 is 11.7 Å². The fraction of sp³-hybridized carbons (Fsp3) is 0.385. The number of ketones is 1. The average Bonchev–Trinajstić information content (AvgIpc) is 2.28. The minimum atomic E-state index is -0.483. The van der Waals surface area contributed by atoms with Gasteiger partial charge in [0.15, 0.2) is 0 Å². The van der Waals surface area contributed by atoms with Gasteiger partial charge in [0.25, 0.3) is 5.91 Å². The fourth-order valence-electron chi connectivity index (χ4n) is 1.44. The van der Waals surface area contributed by atoms with Crippen molar-refractivity contribution < 1.29 is 9.59 Å². The van der Waals surface area contributed by atoms with Crippen molar-refractivity contribution in [3.05, 3.63) is 35.4 Å². The van der Waals surface area contributed by atoms with E-state index in [0.717, 1.165) is 12.8 Å². The number of hydrogen-bond acceptors (Lipinski definition) is 2. The Balaban J connectivity index is 2.81. The lowest BCUT2D eigenvalue weighted by Gasteiger charge is -2.09. The molecule has 0 aliphatic heterocycles. The van der Waals surface area contributed by atoms with Crippen molar-refractivity contribution in [1.82, 2.24) is 4.90 Å². The second-order valence-electron chi connectivity index (χ2n) is 3.98. The lowest BCUT2D eigenvalue weighted by molar-refractivity contribution is -0.124. The van der Waals surface area contributed by atoms with Gasteiger partial charge in [0.1, 0.15) is 0 Å². The molecule has 16 heavy (non-hydrogen) atoms. The molecule has 0 heterocycles. The van der Waals surface area contributed by atoms with Crippen LogP contribution in [-0.2, 0) is 11.2 Å². The van der Waals surface area contributed by atoms with Gasteiger partial charge in [-0.15, -0.1) is 0 Å². The van der Waals surface area contributed by atoms with E-state index >= 15 is 0 Å². The SMILES string of the molecule is CCCc1ccc(C(=O)C(=O)N(C)C)cc1. The van der Waals surface area contributed by atoms with Crippen LogP contribution in [0.4, 0.5) is 0 Å². The van der Waals surface area contributed by atoms with Gasteiger partial charge in [0.05, 0.1) is 0 Å². The second kappa shape index (κ2) is 5.45. The predicted molar refractivity (Wildman–Crippen MR) is 63.5 cm³/mol. The predicted octanol–water partition coefficient (Wildman–Crippen LogP) is 1.91. The number of carbonyl (C=O) groups is 2. The number of Topliss-reactive ketones (excluding diaryl/α,β-unsaturated/α-hetero) is 1. The molecule has 0 atom stereocenters. The smallest absolute Gasteiger partial charge is 0.294 e. The molecule has 0 aliphatic carbocycles. The lowest BCUT2D eigenvalue weighted by atomic mass is 10.0. The van der Waals surface area contributed by atoms with Crippen LogP contribution in [0.25, 0.3) is 0 Å². The summed E-state index contributed by atoms with van der Waals surface area (Å²) in [6, 6.07) is 7.24. The molecule has 3 heteroatoms. The molecule has 0 unspecified atom stereocenters. The van der Waals surface area contributed by atoms with Crippen LogP contribution >= 0.6 is 0 Å². The first kappa shape index (κ1) is 12.4. The molecule has 3 nitrogen and oxygen atoms in total. The number of carbonyl (C=O) groups excluding carboxylic acids is 2. The molecule has 0 N–H and O–H groups in total. The lowest BCUT2D eigenvalue weighted by Crippen LogP contribution is -2.29. The van der Waals surface area contributed by atoms with E-state index in [1.54, 1.807) is 26.2 Å². The summed E-state index contributed by atoms with van der Waals surface area (Å²) in [7, 11) is 3.15. The maximum atomic E-state index is 11.7. The van der Waals surface area contributed by atoms with Gasteiger partial charge in [-0.3, -0.25) is 9.59 Å². The molecule has 0 bridgehead atoms. The zero-order valence-corrected chi connectivity index (χ0v) is 9.99. The minimum absolute atomic E-state index is 0.451. The Kier molecular flexibility index (Phi) is 4.23. The molecule has 86 valence electrons. The summed E-state index contributed by atoms with van der Waals surface area (Å²) in [6.07, 6.45) is 2.07. The Morgan fingerprint density at radius 1 is 1.12 bits per heavy atom. The minimum Gasteiger partial charge on any atom is -0.342 e. The summed E-state index contributed by atoms with van der Waals surface area (Å²) in [5.74, 6) is -0.934. The molecular weight excluding hydrogens is 202 g/mol. The van der Waals surface area contributed by atoms with Gasteiger partial charge >= 0.3 is 0 Å². The summed E-state index contributed by atoms with van der Waals surface area (Å²) in [6.45, 7) is 2.11. The Morgan fingerprint density at radius 2 is 1.69 bits per heavy atom. The van der Waals surface area contributed by atoms with Crippen LogP contribution in [0, 0.1) is 0 Å². The maximum Gasteiger partial charge on any atom is 0.294 e. The average molecular weight is 219 g/mol. The Bertz CT molecular complexity index is 379. The highest BCUT2D eigenvalue weighted by molar-refractivity contribution is 6.42. The van der Waals surface area contributed by atoms with Gasteiger partial charge in [-0.1, -0.05) is 37.6 Å². The zero-order chi connectivity index (χ0) is 12.1. The fourth-order valence-corrected chi connectivity index (χ4v) is 1.44. The van der Waals surface area contributed by atoms with E-state index in [0.29, 0.717) is 5.56 Å². The van der Waals surface area contributed by atoms with Crippen LogP contribution in [-0.4, -0.2) is 30.7 Å². The summed E-state index contributed by atoms with van der Waals surface area (Å²) < 4.78 is 0. The van der Waals surface area contributed by atoms with Crippen LogP contribution in [0.5, 0.6) is 0 Å². The van der Waals surface area contributed by atoms with Gasteiger partial charge in [-0.05, 0) is 12.0 Å². The van der Waals surface area contributed by atoms with Crippen LogP contribution in [0.1, 0.15) is 29.3 Å². The first-order valence-corrected chi connectivity index (χ1v) is 5.41. The quantitative estimate of drug-likeness (QED) is 0.573. The van der Waals surface area contributed by atoms with Crippen molar-refractivity contribution in [3.63, 3.8) is 0 Å². The molecule has 0 saturated heterocycles. The van der Waals surface area contributed by atoms with E-state index in [1.807, 2.05) is 12.1 Å². The molecule has 0 spiro atoms. The first-order chi connectivity index (χ1) is 7.56. The first-order valence-electron chi connectivity index (χ1n) is 5.41. The number of nitrogens with zero attached hydrogens (tertiary/aromatic N) is 1. The molecule has 0 aromatic heterocycles. The molecule has 1 amide bonds. The molecule has 0 aliphatic rings. The van der Waals surface area contributed by atoms with E-state index in [2.05, 4.69) is 6.92 Å². The topological polar surface area (TPSA) is 37.4 Å². The number of rotatable bonds is 4. The maximum absolute atomic E-state index is 11.7. The van der Waals surface area contributed by atoms with Gasteiger partial charge in [-0.2, -0.15) is 0 Å². The number of aryl methyl sites for hydroxylation is 1. The summed E-state index contributed by atoms with van der Waals surface area (Å²) in [5, 5.41) is 0. The number of likely N-dealkylation sites (N-methyl/N-ethyl adjacent to an activating group) is 1. The zero-order valence-electron chi connectivity index (χ0n) is 9.99. The number of benzene rings is 1.